The van der Waals surface area contributed by atoms with Crippen molar-refractivity contribution < 1.29 is 23.1 Å². The number of methoxy groups -OCH3 is 1. The van der Waals surface area contributed by atoms with Gasteiger partial charge in [-0.25, -0.2) is 23.8 Å². The molecule has 2 amide bonds. The molecular formula is C33H40F2N8O3. The molecule has 3 aliphatic rings. The van der Waals surface area contributed by atoms with Gasteiger partial charge in [0.1, 0.15) is 16.9 Å². The van der Waals surface area contributed by atoms with Crippen LogP contribution < -0.4 is 15.8 Å². The lowest BCUT2D eigenvalue weighted by molar-refractivity contribution is -0.150. The van der Waals surface area contributed by atoms with Crippen LogP contribution in [-0.2, 0) is 18.4 Å². The monoisotopic (exact) mass is 634 g/mol. The van der Waals surface area contributed by atoms with E-state index in [0.29, 0.717) is 47.4 Å². The molecule has 1 saturated heterocycles. The van der Waals surface area contributed by atoms with Crippen LogP contribution in [0.1, 0.15) is 61.1 Å². The normalized spacial score (nSPS) is 21.0. The van der Waals surface area contributed by atoms with Gasteiger partial charge in [0.15, 0.2) is 5.82 Å². The van der Waals surface area contributed by atoms with Crippen LogP contribution >= 0.6 is 0 Å². The van der Waals surface area contributed by atoms with Gasteiger partial charge in [-0.1, -0.05) is 0 Å². The van der Waals surface area contributed by atoms with Crippen LogP contribution in [0, 0.1) is 11.8 Å². The molecule has 0 bridgehead atoms. The van der Waals surface area contributed by atoms with E-state index in [1.54, 1.807) is 18.2 Å². The van der Waals surface area contributed by atoms with E-state index in [4.69, 9.17) is 20.4 Å². The van der Waals surface area contributed by atoms with Crippen LogP contribution in [-0.4, -0.2) is 80.1 Å². The predicted molar refractivity (Wildman–Crippen MR) is 169 cm³/mol. The van der Waals surface area contributed by atoms with Gasteiger partial charge in [0, 0.05) is 62.9 Å². The number of nitrogens with two attached hydrogens (primary N) is 1. The molecule has 2 saturated carbocycles. The number of nitrogens with zero attached hydrogens (tertiary/aromatic N) is 6. The Kier molecular flexibility index (Phi) is 7.51. The number of rotatable bonds is 8. The summed E-state index contributed by atoms with van der Waals surface area (Å²) in [5.74, 6) is -2.16. The lowest BCUT2D eigenvalue weighted by Crippen LogP contribution is -2.55. The molecule has 0 unspecified atom stereocenters. The van der Waals surface area contributed by atoms with Crippen molar-refractivity contribution in [2.24, 2.45) is 24.6 Å². The summed E-state index contributed by atoms with van der Waals surface area (Å²) >= 11 is 0. The van der Waals surface area contributed by atoms with Crippen LogP contribution in [0.25, 0.3) is 33.6 Å². The number of amides is 2. The first-order valence-corrected chi connectivity index (χ1v) is 15.9. The molecule has 3 aromatic heterocycles. The molecule has 7 rings (SSSR count). The summed E-state index contributed by atoms with van der Waals surface area (Å²) in [5.41, 5.74) is 10.4. The predicted octanol–water partition coefficient (Wildman–Crippen LogP) is 4.25. The molecule has 4 heterocycles. The second-order valence-corrected chi connectivity index (χ2v) is 13.3. The van der Waals surface area contributed by atoms with Gasteiger partial charge < -0.3 is 24.9 Å². The molecule has 2 aliphatic carbocycles. The highest BCUT2D eigenvalue weighted by Gasteiger charge is 2.48. The number of ether oxygens (including phenoxy) is 1. The van der Waals surface area contributed by atoms with Gasteiger partial charge in [-0.3, -0.25) is 14.6 Å². The van der Waals surface area contributed by atoms with E-state index in [1.807, 2.05) is 48.8 Å². The number of fused-ring (bicyclic) bond motifs is 2. The molecule has 46 heavy (non-hydrogen) atoms. The molecule has 0 radical (unpaired) electrons. The van der Waals surface area contributed by atoms with E-state index < -0.39 is 30.7 Å². The largest absolute Gasteiger partial charge is 0.494 e. The van der Waals surface area contributed by atoms with Crippen molar-refractivity contribution in [3.8, 4) is 17.3 Å². The number of pyridine rings is 1. The number of hydrazine groups is 1. The number of nitrogens with one attached hydrogen (secondary N) is 1. The minimum absolute atomic E-state index is 0.0789. The molecule has 0 spiro atoms. The number of halogens is 2. The fourth-order valence-electron chi connectivity index (χ4n) is 6.70. The molecule has 11 nitrogen and oxygen atoms in total. The van der Waals surface area contributed by atoms with Crippen molar-refractivity contribution >= 4 is 33.9 Å². The van der Waals surface area contributed by atoms with Crippen molar-refractivity contribution in [2.45, 2.75) is 63.6 Å². The van der Waals surface area contributed by atoms with E-state index in [-0.39, 0.29) is 17.9 Å². The summed E-state index contributed by atoms with van der Waals surface area (Å²) in [7, 11) is 5.41. The Morgan fingerprint density at radius 1 is 1.13 bits per heavy atom. The van der Waals surface area contributed by atoms with E-state index in [2.05, 4.69) is 16.0 Å². The summed E-state index contributed by atoms with van der Waals surface area (Å²) in [6, 6.07) is 8.96. The van der Waals surface area contributed by atoms with Crippen molar-refractivity contribution in [3.05, 3.63) is 41.6 Å². The third kappa shape index (κ3) is 5.49. The van der Waals surface area contributed by atoms with Gasteiger partial charge in [-0.15, -0.1) is 0 Å². The van der Waals surface area contributed by atoms with Gasteiger partial charge in [-0.05, 0) is 62.4 Å². The first kappa shape index (κ1) is 30.5. The molecular weight excluding hydrogens is 594 g/mol. The zero-order chi connectivity index (χ0) is 32.5. The molecule has 244 valence electrons. The molecule has 2 atom stereocenters. The zero-order valence-electron chi connectivity index (χ0n) is 26.6. The topological polar surface area (TPSA) is 124 Å². The number of aromatic nitrogens is 4. The minimum atomic E-state index is -2.75. The fraction of sp³-hybridized carbons (Fsp3) is 0.515. The maximum absolute atomic E-state index is 13.6. The van der Waals surface area contributed by atoms with Crippen molar-refractivity contribution in [1.82, 2.24) is 34.4 Å². The standard InChI is InChI=1S/C33H40F2N8O3/c1-18(37-31(44)22-14-33(34,35)15-22)24-8-7-20-12-26(42(29(20)38-24)16-19-5-6-19)30-39-25-11-21(13-27(46-4)28(25)41(30)3)32(45)43-17-23(36)9-10-40(43)2/h7-8,11-13,18-19,22-23H,5-6,9-10,14-17,36H2,1-4H3,(H,37,44)/t18-,23-/m1/s1. The van der Waals surface area contributed by atoms with Crippen LogP contribution in [0.3, 0.4) is 0 Å². The fourth-order valence-corrected chi connectivity index (χ4v) is 6.70. The van der Waals surface area contributed by atoms with Crippen LogP contribution in [0.15, 0.2) is 30.3 Å². The maximum Gasteiger partial charge on any atom is 0.268 e. The minimum Gasteiger partial charge on any atom is -0.494 e. The number of imidazole rings is 1. The van der Waals surface area contributed by atoms with Crippen LogP contribution in [0.4, 0.5) is 8.78 Å². The Balaban J connectivity index is 1.25. The number of hydrogen-bond acceptors (Lipinski definition) is 7. The molecule has 1 aromatic carbocycles. The first-order valence-electron chi connectivity index (χ1n) is 15.9. The highest BCUT2D eigenvalue weighted by Crippen LogP contribution is 2.43. The second kappa shape index (κ2) is 11.3. The summed E-state index contributed by atoms with van der Waals surface area (Å²) in [4.78, 5) is 36.3. The average molecular weight is 635 g/mol. The number of benzene rings is 1. The average Bonchev–Trinajstić information content (AvgIpc) is 3.69. The molecule has 3 fully saturated rings. The van der Waals surface area contributed by atoms with E-state index in [0.717, 1.165) is 48.1 Å². The molecule has 1 aliphatic heterocycles. The molecule has 13 heteroatoms. The van der Waals surface area contributed by atoms with Crippen molar-refractivity contribution in [1.29, 1.82) is 0 Å². The number of carbonyl (C=O) groups is 2. The maximum atomic E-state index is 13.6. The summed E-state index contributed by atoms with van der Waals surface area (Å²) in [5, 5.41) is 7.39. The highest BCUT2D eigenvalue weighted by molar-refractivity contribution is 6.00. The van der Waals surface area contributed by atoms with E-state index in [9.17, 15) is 18.4 Å². The molecule has 3 N–H and O–H groups in total. The smallest absolute Gasteiger partial charge is 0.268 e. The second-order valence-electron chi connectivity index (χ2n) is 13.3. The summed E-state index contributed by atoms with van der Waals surface area (Å²) in [6.07, 6.45) is 2.27. The van der Waals surface area contributed by atoms with Gasteiger partial charge in [0.2, 0.25) is 11.8 Å². The number of aryl methyl sites for hydroxylation is 1. The zero-order valence-corrected chi connectivity index (χ0v) is 26.6. The number of hydrogen-bond donors (Lipinski definition) is 2. The van der Waals surface area contributed by atoms with Gasteiger partial charge in [-0.2, -0.15) is 0 Å². The molecule has 4 aromatic rings. The lowest BCUT2D eigenvalue weighted by Gasteiger charge is -2.38. The number of alkyl halides is 2. The Morgan fingerprint density at radius 3 is 2.59 bits per heavy atom. The van der Waals surface area contributed by atoms with Crippen LogP contribution in [0.5, 0.6) is 5.75 Å². The third-order valence-electron chi connectivity index (χ3n) is 9.67. The van der Waals surface area contributed by atoms with E-state index >= 15 is 0 Å². The third-order valence-corrected chi connectivity index (χ3v) is 9.67. The summed E-state index contributed by atoms with van der Waals surface area (Å²) in [6.45, 7) is 3.73. The van der Waals surface area contributed by atoms with Gasteiger partial charge in [0.05, 0.1) is 36.6 Å². The Hall–Kier alpha value is -4.10. The van der Waals surface area contributed by atoms with Crippen LogP contribution in [0.2, 0.25) is 0 Å². The van der Waals surface area contributed by atoms with Crippen molar-refractivity contribution in [3.63, 3.8) is 0 Å². The quantitative estimate of drug-likeness (QED) is 0.297. The Morgan fingerprint density at radius 2 is 1.89 bits per heavy atom. The first-order chi connectivity index (χ1) is 21.9. The van der Waals surface area contributed by atoms with Gasteiger partial charge in [0.25, 0.3) is 5.91 Å². The Labute approximate surface area is 265 Å². The van der Waals surface area contributed by atoms with Crippen molar-refractivity contribution in [2.75, 3.05) is 27.2 Å². The van der Waals surface area contributed by atoms with E-state index in [1.165, 1.54) is 0 Å². The lowest BCUT2D eigenvalue weighted by atomic mass is 9.80. The summed E-state index contributed by atoms with van der Waals surface area (Å²) < 4.78 is 36.7. The van der Waals surface area contributed by atoms with Gasteiger partial charge >= 0.3 is 0 Å². The number of carbonyl (C=O) groups excluding carboxylic acids is 2. The Bertz CT molecular complexity index is 1840. The SMILES string of the molecule is COc1cc(C(=O)N2C[C@H](N)CCN2C)cc2nc(-c3cc4ccc([C@@H](C)NC(=O)C5CC(F)(F)C5)nc4n3CC3CC3)n(C)c12. The highest BCUT2D eigenvalue weighted by atomic mass is 19.3.